The minimum Gasteiger partial charge on any atom is -0.397 e. The highest BCUT2D eigenvalue weighted by Gasteiger charge is 2.01. The molecule has 1 heterocycles. The topological polar surface area (TPSA) is 50.9 Å². The standard InChI is InChI=1S/C11H13N3/c1-7-3-8-4-9(12)11(13-2)5-10(8)14-6-7/h3-6,13H,12H2,1-2H3. The van der Waals surface area contributed by atoms with E-state index in [2.05, 4.69) is 16.4 Å². The molecular formula is C11H13N3. The molecule has 72 valence electrons. The molecule has 2 rings (SSSR count). The smallest absolute Gasteiger partial charge is 0.0724 e. The van der Waals surface area contributed by atoms with Gasteiger partial charge in [-0.2, -0.15) is 0 Å². The third-order valence-electron chi connectivity index (χ3n) is 2.26. The molecule has 0 fully saturated rings. The average Bonchev–Trinajstić information content (AvgIpc) is 2.16. The molecule has 2 aromatic rings. The number of aromatic nitrogens is 1. The third-order valence-corrected chi connectivity index (χ3v) is 2.26. The highest BCUT2D eigenvalue weighted by Crippen LogP contribution is 2.24. The Morgan fingerprint density at radius 1 is 1.29 bits per heavy atom. The van der Waals surface area contributed by atoms with Crippen LogP contribution in [0.2, 0.25) is 0 Å². The molecule has 0 bridgehead atoms. The lowest BCUT2D eigenvalue weighted by atomic mass is 10.1. The zero-order valence-electron chi connectivity index (χ0n) is 8.33. The molecule has 1 aromatic carbocycles. The van der Waals surface area contributed by atoms with Crippen LogP contribution in [0.5, 0.6) is 0 Å². The molecule has 0 spiro atoms. The first-order valence-corrected chi connectivity index (χ1v) is 4.54. The Morgan fingerprint density at radius 3 is 2.79 bits per heavy atom. The number of nitrogens with zero attached hydrogens (tertiary/aromatic N) is 1. The van der Waals surface area contributed by atoms with Crippen LogP contribution >= 0.6 is 0 Å². The summed E-state index contributed by atoms with van der Waals surface area (Å²) < 4.78 is 0. The number of hydrogen-bond acceptors (Lipinski definition) is 3. The maximum atomic E-state index is 5.86. The van der Waals surface area contributed by atoms with E-state index in [-0.39, 0.29) is 0 Å². The maximum absolute atomic E-state index is 5.86. The molecule has 0 amide bonds. The Kier molecular flexibility index (Phi) is 2.00. The number of fused-ring (bicyclic) bond motifs is 1. The van der Waals surface area contributed by atoms with Gasteiger partial charge in [-0.05, 0) is 30.7 Å². The summed E-state index contributed by atoms with van der Waals surface area (Å²) in [6.07, 6.45) is 1.86. The van der Waals surface area contributed by atoms with Gasteiger partial charge in [-0.3, -0.25) is 4.98 Å². The first kappa shape index (κ1) is 8.81. The van der Waals surface area contributed by atoms with Crippen molar-refractivity contribution >= 4 is 22.3 Å². The van der Waals surface area contributed by atoms with Gasteiger partial charge < -0.3 is 11.1 Å². The lowest BCUT2D eigenvalue weighted by Crippen LogP contribution is -1.96. The van der Waals surface area contributed by atoms with Crippen molar-refractivity contribution in [3.8, 4) is 0 Å². The van der Waals surface area contributed by atoms with Gasteiger partial charge in [0.2, 0.25) is 0 Å². The van der Waals surface area contributed by atoms with Crippen LogP contribution in [0.4, 0.5) is 11.4 Å². The fourth-order valence-electron chi connectivity index (χ4n) is 1.52. The summed E-state index contributed by atoms with van der Waals surface area (Å²) in [6, 6.07) is 5.99. The van der Waals surface area contributed by atoms with Crippen LogP contribution in [0.25, 0.3) is 10.9 Å². The van der Waals surface area contributed by atoms with E-state index in [0.717, 1.165) is 27.8 Å². The summed E-state index contributed by atoms with van der Waals surface area (Å²) in [4.78, 5) is 4.33. The van der Waals surface area contributed by atoms with E-state index in [0.29, 0.717) is 0 Å². The third kappa shape index (κ3) is 1.37. The van der Waals surface area contributed by atoms with Gasteiger partial charge in [-0.25, -0.2) is 0 Å². The van der Waals surface area contributed by atoms with E-state index in [1.165, 1.54) is 0 Å². The summed E-state index contributed by atoms with van der Waals surface area (Å²) in [5, 5.41) is 4.12. The summed E-state index contributed by atoms with van der Waals surface area (Å²) in [6.45, 7) is 2.02. The molecule has 14 heavy (non-hydrogen) atoms. The van der Waals surface area contributed by atoms with Crippen molar-refractivity contribution < 1.29 is 0 Å². The minimum atomic E-state index is 0.757. The molecule has 0 unspecified atom stereocenters. The Balaban J connectivity index is 2.73. The zero-order valence-corrected chi connectivity index (χ0v) is 8.33. The van der Waals surface area contributed by atoms with Gasteiger partial charge in [0, 0.05) is 18.6 Å². The van der Waals surface area contributed by atoms with Gasteiger partial charge in [0.05, 0.1) is 16.9 Å². The Morgan fingerprint density at radius 2 is 2.07 bits per heavy atom. The number of anilines is 2. The van der Waals surface area contributed by atoms with E-state index in [9.17, 15) is 0 Å². The van der Waals surface area contributed by atoms with E-state index < -0.39 is 0 Å². The number of nitrogens with one attached hydrogen (secondary N) is 1. The van der Waals surface area contributed by atoms with Crippen molar-refractivity contribution in [2.24, 2.45) is 0 Å². The highest BCUT2D eigenvalue weighted by molar-refractivity contribution is 5.89. The van der Waals surface area contributed by atoms with Crippen molar-refractivity contribution in [1.29, 1.82) is 0 Å². The molecule has 0 aliphatic rings. The Hall–Kier alpha value is -1.77. The molecule has 0 radical (unpaired) electrons. The lowest BCUT2D eigenvalue weighted by Gasteiger charge is -2.06. The van der Waals surface area contributed by atoms with Gasteiger partial charge in [0.1, 0.15) is 0 Å². The van der Waals surface area contributed by atoms with Crippen LogP contribution < -0.4 is 11.1 Å². The van der Waals surface area contributed by atoms with Crippen LogP contribution in [0.3, 0.4) is 0 Å². The Bertz CT molecular complexity index is 477. The van der Waals surface area contributed by atoms with Crippen LogP contribution in [-0.4, -0.2) is 12.0 Å². The molecule has 0 saturated carbocycles. The summed E-state index contributed by atoms with van der Waals surface area (Å²) in [5.74, 6) is 0. The molecule has 0 aliphatic carbocycles. The minimum absolute atomic E-state index is 0.757. The van der Waals surface area contributed by atoms with Crippen molar-refractivity contribution in [1.82, 2.24) is 4.98 Å². The normalized spacial score (nSPS) is 10.4. The second-order valence-corrected chi connectivity index (χ2v) is 3.39. The quantitative estimate of drug-likeness (QED) is 0.673. The highest BCUT2D eigenvalue weighted by atomic mass is 14.9. The second-order valence-electron chi connectivity index (χ2n) is 3.39. The van der Waals surface area contributed by atoms with Crippen LogP contribution in [0, 0.1) is 6.92 Å². The van der Waals surface area contributed by atoms with Gasteiger partial charge in [0.25, 0.3) is 0 Å². The summed E-state index contributed by atoms with van der Waals surface area (Å²) in [5.41, 5.74) is 9.65. The van der Waals surface area contributed by atoms with Gasteiger partial charge in [-0.15, -0.1) is 0 Å². The Labute approximate surface area is 83.0 Å². The van der Waals surface area contributed by atoms with Gasteiger partial charge >= 0.3 is 0 Å². The number of hydrogen-bond donors (Lipinski definition) is 2. The molecule has 3 N–H and O–H groups in total. The van der Waals surface area contributed by atoms with Crippen LogP contribution in [-0.2, 0) is 0 Å². The molecule has 3 nitrogen and oxygen atoms in total. The fraction of sp³-hybridized carbons (Fsp3) is 0.182. The van der Waals surface area contributed by atoms with Crippen LogP contribution in [0.1, 0.15) is 5.56 Å². The van der Waals surface area contributed by atoms with Crippen molar-refractivity contribution in [2.45, 2.75) is 6.92 Å². The summed E-state index contributed by atoms with van der Waals surface area (Å²) in [7, 11) is 1.85. The number of aryl methyl sites for hydroxylation is 1. The first-order valence-electron chi connectivity index (χ1n) is 4.54. The van der Waals surface area contributed by atoms with E-state index >= 15 is 0 Å². The second kappa shape index (κ2) is 3.18. The zero-order chi connectivity index (χ0) is 10.1. The lowest BCUT2D eigenvalue weighted by molar-refractivity contribution is 1.33. The van der Waals surface area contributed by atoms with E-state index in [1.807, 2.05) is 32.3 Å². The molecule has 3 heteroatoms. The largest absolute Gasteiger partial charge is 0.397 e. The average molecular weight is 187 g/mol. The van der Waals surface area contributed by atoms with Gasteiger partial charge in [0.15, 0.2) is 0 Å². The van der Waals surface area contributed by atoms with Gasteiger partial charge in [-0.1, -0.05) is 0 Å². The molecule has 0 saturated heterocycles. The van der Waals surface area contributed by atoms with Crippen molar-refractivity contribution in [3.63, 3.8) is 0 Å². The number of rotatable bonds is 1. The number of nitrogen functional groups attached to an aromatic ring is 1. The SMILES string of the molecule is CNc1cc2ncc(C)cc2cc1N. The molecule has 0 atom stereocenters. The molecular weight excluding hydrogens is 174 g/mol. The van der Waals surface area contributed by atoms with Crippen molar-refractivity contribution in [2.75, 3.05) is 18.1 Å². The van der Waals surface area contributed by atoms with Crippen molar-refractivity contribution in [3.05, 3.63) is 30.0 Å². The maximum Gasteiger partial charge on any atom is 0.0724 e. The molecule has 1 aromatic heterocycles. The number of nitrogens with two attached hydrogens (primary N) is 1. The number of pyridine rings is 1. The van der Waals surface area contributed by atoms with E-state index in [4.69, 9.17) is 5.73 Å². The predicted molar refractivity (Wildman–Crippen MR) is 60.4 cm³/mol. The first-order chi connectivity index (χ1) is 6.70. The van der Waals surface area contributed by atoms with E-state index in [1.54, 1.807) is 0 Å². The predicted octanol–water partition coefficient (Wildman–Crippen LogP) is 2.17. The molecule has 0 aliphatic heterocycles. The monoisotopic (exact) mass is 187 g/mol. The fourth-order valence-corrected chi connectivity index (χ4v) is 1.52. The number of benzene rings is 1. The van der Waals surface area contributed by atoms with Crippen LogP contribution in [0.15, 0.2) is 24.4 Å². The summed E-state index contributed by atoms with van der Waals surface area (Å²) >= 11 is 0.